The van der Waals surface area contributed by atoms with Gasteiger partial charge in [0.05, 0.1) is 24.5 Å². The van der Waals surface area contributed by atoms with Gasteiger partial charge in [0.25, 0.3) is 53.3 Å². The second-order valence-electron chi connectivity index (χ2n) is 14.5. The van der Waals surface area contributed by atoms with Crippen LogP contribution in [0.5, 0.6) is 17.2 Å². The Kier molecular flexibility index (Phi) is 15.3. The van der Waals surface area contributed by atoms with Gasteiger partial charge in [0.1, 0.15) is 13.2 Å². The molecule has 0 N–H and O–H groups in total. The Bertz CT molecular complexity index is 2870. The van der Waals surface area contributed by atoms with E-state index >= 15 is 0 Å². The van der Waals surface area contributed by atoms with Crippen LogP contribution in [0.15, 0.2) is 164 Å². The van der Waals surface area contributed by atoms with Gasteiger partial charge in [-0.25, -0.2) is 24.8 Å². The highest BCUT2D eigenvalue weighted by molar-refractivity contribution is 6.28. The van der Waals surface area contributed by atoms with E-state index in [0.717, 1.165) is 37.0 Å². The molecule has 0 saturated carbocycles. The quantitative estimate of drug-likeness (QED) is 0.0833. The zero-order valence-corrected chi connectivity index (χ0v) is 35.6. The number of aromatic nitrogens is 3. The second-order valence-corrected chi connectivity index (χ2v) is 14.5. The summed E-state index contributed by atoms with van der Waals surface area (Å²) in [7, 11) is 0. The molecule has 0 bridgehead atoms. The number of carbonyl (C=O) groups excluding carboxylic acids is 6. The SMILES string of the molecule is O=C1C=CC(=O)N1Cc1ccc(COc2cccnc2[18F])cc1.O=C1C=CC(=O)N1c1ccc(CCOc2cccnc2[18F])cc1.O=C1C=CC(=O)N1c1ccc(COc2cccnc2[18F])cc1. The number of imide groups is 3. The Morgan fingerprint density at radius 1 is 0.397 bits per heavy atom. The fourth-order valence-corrected chi connectivity index (χ4v) is 6.41. The molecule has 3 aromatic heterocycles. The third-order valence-corrected chi connectivity index (χ3v) is 9.88. The molecule has 0 aliphatic carbocycles. The van der Waals surface area contributed by atoms with Crippen LogP contribution < -0.4 is 24.0 Å². The van der Waals surface area contributed by atoms with Crippen LogP contribution >= 0.6 is 0 Å². The Morgan fingerprint density at radius 3 is 1.13 bits per heavy atom. The van der Waals surface area contributed by atoms with E-state index in [1.165, 1.54) is 73.2 Å². The van der Waals surface area contributed by atoms with Crippen LogP contribution in [-0.2, 0) is 54.9 Å². The first-order valence-electron chi connectivity index (χ1n) is 20.5. The number of hydrogen-bond acceptors (Lipinski definition) is 12. The molecule has 0 atom stereocenters. The number of halogens is 3. The lowest BCUT2D eigenvalue weighted by Crippen LogP contribution is -2.29. The summed E-state index contributed by atoms with van der Waals surface area (Å²) in [4.78, 5) is 83.2. The van der Waals surface area contributed by atoms with Crippen LogP contribution in [0, 0.1) is 17.8 Å². The molecule has 15 nitrogen and oxygen atoms in total. The highest BCUT2D eigenvalue weighted by atomic mass is 18.2. The van der Waals surface area contributed by atoms with Gasteiger partial charge in [-0.05, 0) is 82.9 Å². The Labute approximate surface area is 386 Å². The van der Waals surface area contributed by atoms with Crippen molar-refractivity contribution in [2.75, 3.05) is 16.4 Å². The maximum Gasteiger partial charge on any atom is 0.258 e. The number of hydrogen-bond donors (Lipinski definition) is 0. The molecule has 342 valence electrons. The van der Waals surface area contributed by atoms with E-state index in [1.54, 1.807) is 78.9 Å². The van der Waals surface area contributed by atoms with Crippen LogP contribution in [0.4, 0.5) is 24.5 Å². The molecule has 9 rings (SSSR count). The van der Waals surface area contributed by atoms with Gasteiger partial charge in [-0.15, -0.1) is 0 Å². The van der Waals surface area contributed by atoms with Crippen LogP contribution in [0.25, 0.3) is 0 Å². The molecule has 6 heterocycles. The summed E-state index contributed by atoms with van der Waals surface area (Å²) in [6.45, 7) is 0.878. The largest absolute Gasteiger partial charge is 0.488 e. The summed E-state index contributed by atoms with van der Waals surface area (Å²) in [5, 5.41) is 0. The minimum Gasteiger partial charge on any atom is -0.488 e. The molecule has 6 amide bonds. The predicted octanol–water partition coefficient (Wildman–Crippen LogP) is 6.73. The molecule has 68 heavy (non-hydrogen) atoms. The van der Waals surface area contributed by atoms with Crippen molar-refractivity contribution in [1.82, 2.24) is 19.9 Å². The lowest BCUT2D eigenvalue weighted by atomic mass is 10.1. The lowest BCUT2D eigenvalue weighted by molar-refractivity contribution is -0.137. The second kappa shape index (κ2) is 22.2. The highest BCUT2D eigenvalue weighted by Crippen LogP contribution is 2.23. The van der Waals surface area contributed by atoms with Crippen molar-refractivity contribution >= 4 is 46.8 Å². The van der Waals surface area contributed by atoms with Crippen LogP contribution in [-0.4, -0.2) is 61.9 Å². The molecule has 0 radical (unpaired) electrons. The van der Waals surface area contributed by atoms with Gasteiger partial charge in [-0.2, -0.15) is 13.2 Å². The number of nitrogens with zero attached hydrogens (tertiary/aromatic N) is 6. The van der Waals surface area contributed by atoms with E-state index in [9.17, 15) is 41.9 Å². The van der Waals surface area contributed by atoms with Crippen LogP contribution in [0.3, 0.4) is 0 Å². The third kappa shape index (κ3) is 12.2. The standard InChI is InChI=1S/2C17H13FN2O3.C16H11FN2O3/c18-17-14(2-1-10-19-17)23-11-9-12-3-5-13(6-4-12)20-15(21)7-8-16(20)22;18-17-14(2-1-9-19-17)23-11-13-5-3-12(4-6-13)10-20-15(21)7-8-16(20)22;17-16-13(2-1-9-18-16)22-10-11-3-5-12(6-4-11)19-14(20)7-8-15(19)21/h1-8,10H,9,11H2;1-9H,10-11H2;1-9H,10H2/i2*18-1;17-1. The number of benzene rings is 3. The average Bonchev–Trinajstić information content (AvgIpc) is 3.99. The normalized spacial score (nSPS) is 13.7. The summed E-state index contributed by atoms with van der Waals surface area (Å²) in [5.41, 5.74) is 4.40. The zero-order valence-electron chi connectivity index (χ0n) is 35.6. The number of carbonyl (C=O) groups is 6. The first-order valence-corrected chi connectivity index (χ1v) is 20.5. The molecule has 0 unspecified atom stereocenters. The molecule has 6 aromatic rings. The maximum absolute atomic E-state index is 13.3. The molecule has 0 saturated heterocycles. The van der Waals surface area contributed by atoms with Gasteiger partial charge >= 0.3 is 0 Å². The number of pyridine rings is 3. The average molecular weight is 920 g/mol. The van der Waals surface area contributed by atoms with E-state index in [1.807, 2.05) is 12.1 Å². The van der Waals surface area contributed by atoms with E-state index in [4.69, 9.17) is 14.2 Å². The van der Waals surface area contributed by atoms with Crippen molar-refractivity contribution in [1.29, 1.82) is 0 Å². The maximum atomic E-state index is 13.3. The molecule has 0 fully saturated rings. The van der Waals surface area contributed by atoms with Gasteiger partial charge in [-0.1, -0.05) is 48.5 Å². The molecule has 0 spiro atoms. The van der Waals surface area contributed by atoms with Crippen molar-refractivity contribution in [3.8, 4) is 17.2 Å². The number of rotatable bonds is 14. The lowest BCUT2D eigenvalue weighted by Gasteiger charge is -2.14. The van der Waals surface area contributed by atoms with Crippen molar-refractivity contribution < 1.29 is 56.1 Å². The fourth-order valence-electron chi connectivity index (χ4n) is 6.41. The van der Waals surface area contributed by atoms with Crippen molar-refractivity contribution in [2.45, 2.75) is 26.2 Å². The first kappa shape index (κ1) is 46.9. The van der Waals surface area contributed by atoms with Crippen LogP contribution in [0.1, 0.15) is 22.3 Å². The predicted molar refractivity (Wildman–Crippen MR) is 238 cm³/mol. The van der Waals surface area contributed by atoms with Gasteiger partial charge in [-0.3, -0.25) is 33.7 Å². The number of anilines is 2. The monoisotopic (exact) mass is 919 g/mol. The first-order chi connectivity index (χ1) is 32.9. The summed E-state index contributed by atoms with van der Waals surface area (Å²) < 4.78 is 56.0. The van der Waals surface area contributed by atoms with E-state index in [-0.39, 0.29) is 72.5 Å². The Hall–Kier alpha value is -9.06. The van der Waals surface area contributed by atoms with E-state index in [0.29, 0.717) is 24.4 Å². The summed E-state index contributed by atoms with van der Waals surface area (Å²) >= 11 is 0. The van der Waals surface area contributed by atoms with Crippen molar-refractivity contribution in [3.05, 3.63) is 204 Å². The third-order valence-electron chi connectivity index (χ3n) is 9.88. The number of amides is 6. The molecule has 3 aliphatic rings. The minimum atomic E-state index is -0.668. The van der Waals surface area contributed by atoms with E-state index in [2.05, 4.69) is 15.0 Å². The topological polar surface area (TPSA) is 178 Å². The van der Waals surface area contributed by atoms with Gasteiger partial charge in [0.2, 0.25) is 0 Å². The van der Waals surface area contributed by atoms with E-state index < -0.39 is 17.8 Å². The van der Waals surface area contributed by atoms with Crippen LogP contribution in [0.2, 0.25) is 0 Å². The summed E-state index contributed by atoms with van der Waals surface area (Å²) in [6, 6.07) is 30.2. The Balaban J connectivity index is 0.000000151. The van der Waals surface area contributed by atoms with Gasteiger partial charge < -0.3 is 14.2 Å². The summed E-state index contributed by atoms with van der Waals surface area (Å²) in [6.07, 6.45) is 12.1. The van der Waals surface area contributed by atoms with Gasteiger partial charge in [0.15, 0.2) is 17.2 Å². The highest BCUT2D eigenvalue weighted by Gasteiger charge is 2.26. The number of ether oxygens (including phenoxy) is 3. The summed E-state index contributed by atoms with van der Waals surface area (Å²) in [5.74, 6) is -3.74. The Morgan fingerprint density at radius 2 is 0.735 bits per heavy atom. The van der Waals surface area contributed by atoms with Gasteiger partial charge in [0, 0.05) is 61.5 Å². The van der Waals surface area contributed by atoms with Crippen molar-refractivity contribution in [2.24, 2.45) is 0 Å². The molecular formula is C50H37F3N6O9. The molecule has 18 heteroatoms. The molecular weight excluding hydrogens is 883 g/mol. The minimum absolute atomic E-state index is 0.0701. The molecule has 3 aliphatic heterocycles. The fraction of sp³-hybridized carbons (Fsp3) is 0.100. The molecule has 3 aromatic carbocycles. The van der Waals surface area contributed by atoms with Crippen molar-refractivity contribution in [3.63, 3.8) is 0 Å². The smallest absolute Gasteiger partial charge is 0.258 e. The zero-order chi connectivity index (χ0) is 48.0.